The minimum atomic E-state index is -5.16. The molecule has 1 fully saturated rings. The quantitative estimate of drug-likeness (QED) is 0.309. The van der Waals surface area contributed by atoms with E-state index in [-0.39, 0.29) is 0 Å². The van der Waals surface area contributed by atoms with Gasteiger partial charge >= 0.3 is 20.8 Å². The van der Waals surface area contributed by atoms with Crippen LogP contribution in [0.1, 0.15) is 0 Å². The lowest BCUT2D eigenvalue weighted by atomic mass is 9.99. The van der Waals surface area contributed by atoms with E-state index in [9.17, 15) is 27.0 Å². The molecule has 1 aliphatic rings. The number of rotatable bonds is 5. The average molecular weight is 340 g/mol. The SMILES string of the molecule is O=S(=O)(O)O[C@H]1[C@@H](O)[C@@H](CO)OC(O)[C@@H]1OS(=O)(=O)O. The Morgan fingerprint density at radius 1 is 0.950 bits per heavy atom. The standard InChI is InChI=1S/C6H12O12S2/c7-1-2-3(8)4(17-19(10,11)12)5(6(9)16-2)18-20(13,14)15/h2-9H,1H2,(H,10,11,12)(H,13,14,15)/t2-,3+,4+,5-,6?/m1/s1. The van der Waals surface area contributed by atoms with Crippen molar-refractivity contribution < 1.29 is 54.4 Å². The van der Waals surface area contributed by atoms with Crippen molar-refractivity contribution in [1.82, 2.24) is 0 Å². The molecule has 0 amide bonds. The molecule has 1 rings (SSSR count). The van der Waals surface area contributed by atoms with Gasteiger partial charge < -0.3 is 20.1 Å². The van der Waals surface area contributed by atoms with Crippen LogP contribution in [0.2, 0.25) is 0 Å². The van der Waals surface area contributed by atoms with Gasteiger partial charge in [-0.1, -0.05) is 0 Å². The lowest BCUT2D eigenvalue weighted by Crippen LogP contribution is -2.61. The molecule has 12 nitrogen and oxygen atoms in total. The van der Waals surface area contributed by atoms with Crippen LogP contribution in [0.4, 0.5) is 0 Å². The summed E-state index contributed by atoms with van der Waals surface area (Å²) in [6.07, 6.45) is -10.1. The topological polar surface area (TPSA) is 197 Å². The monoisotopic (exact) mass is 340 g/mol. The molecule has 1 heterocycles. The maximum atomic E-state index is 10.6. The molecule has 0 aromatic heterocycles. The fourth-order valence-electron chi connectivity index (χ4n) is 1.55. The Hall–Kier alpha value is -0.420. The molecule has 0 bridgehead atoms. The highest BCUT2D eigenvalue weighted by Gasteiger charge is 2.49. The van der Waals surface area contributed by atoms with Gasteiger partial charge in [0.25, 0.3) is 0 Å². The fourth-order valence-corrected chi connectivity index (χ4v) is 2.54. The minimum Gasteiger partial charge on any atom is -0.394 e. The average Bonchev–Trinajstić information content (AvgIpc) is 2.25. The lowest BCUT2D eigenvalue weighted by Gasteiger charge is -2.39. The van der Waals surface area contributed by atoms with Gasteiger partial charge in [0.15, 0.2) is 12.4 Å². The second kappa shape index (κ2) is 6.14. The third kappa shape index (κ3) is 4.85. The van der Waals surface area contributed by atoms with E-state index < -0.39 is 58.1 Å². The van der Waals surface area contributed by atoms with Crippen LogP contribution in [-0.2, 0) is 33.9 Å². The normalized spacial score (nSPS) is 36.0. The largest absolute Gasteiger partial charge is 0.397 e. The molecule has 0 spiro atoms. The van der Waals surface area contributed by atoms with E-state index in [4.69, 9.17) is 14.2 Å². The third-order valence-electron chi connectivity index (χ3n) is 2.28. The summed E-state index contributed by atoms with van der Waals surface area (Å²) in [5.74, 6) is 0. The van der Waals surface area contributed by atoms with Gasteiger partial charge in [-0.05, 0) is 0 Å². The van der Waals surface area contributed by atoms with Gasteiger partial charge in [0.2, 0.25) is 0 Å². The van der Waals surface area contributed by atoms with Crippen LogP contribution in [0.3, 0.4) is 0 Å². The summed E-state index contributed by atoms with van der Waals surface area (Å²) < 4.78 is 71.9. The van der Waals surface area contributed by atoms with E-state index in [1.165, 1.54) is 0 Å². The predicted octanol–water partition coefficient (Wildman–Crippen LogP) is -3.57. The Balaban J connectivity index is 3.09. The Morgan fingerprint density at radius 3 is 1.80 bits per heavy atom. The third-order valence-corrected chi connectivity index (χ3v) is 3.21. The molecular weight excluding hydrogens is 328 g/mol. The van der Waals surface area contributed by atoms with Crippen molar-refractivity contribution in [3.8, 4) is 0 Å². The predicted molar refractivity (Wildman–Crippen MR) is 56.8 cm³/mol. The van der Waals surface area contributed by atoms with Crippen molar-refractivity contribution in [1.29, 1.82) is 0 Å². The van der Waals surface area contributed by atoms with Crippen LogP contribution in [0, 0.1) is 0 Å². The maximum Gasteiger partial charge on any atom is 0.397 e. The van der Waals surface area contributed by atoms with Crippen LogP contribution in [0.25, 0.3) is 0 Å². The van der Waals surface area contributed by atoms with Crippen molar-refractivity contribution in [3.05, 3.63) is 0 Å². The highest BCUT2D eigenvalue weighted by Crippen LogP contribution is 2.26. The van der Waals surface area contributed by atoms with E-state index in [0.29, 0.717) is 0 Å². The Morgan fingerprint density at radius 2 is 1.40 bits per heavy atom. The first-order valence-electron chi connectivity index (χ1n) is 4.88. The first-order chi connectivity index (χ1) is 8.94. The Kier molecular flexibility index (Phi) is 5.41. The first kappa shape index (κ1) is 17.6. The molecule has 5 atom stereocenters. The molecule has 5 N–H and O–H groups in total. The number of hydrogen-bond acceptors (Lipinski definition) is 10. The highest BCUT2D eigenvalue weighted by atomic mass is 32.3. The van der Waals surface area contributed by atoms with Gasteiger partial charge in [-0.3, -0.25) is 9.11 Å². The molecule has 1 unspecified atom stereocenters. The van der Waals surface area contributed by atoms with E-state index in [1.54, 1.807) is 0 Å². The second-order valence-electron chi connectivity index (χ2n) is 3.72. The van der Waals surface area contributed by atoms with Gasteiger partial charge in [-0.15, -0.1) is 0 Å². The molecule has 0 aliphatic carbocycles. The van der Waals surface area contributed by atoms with Crippen molar-refractivity contribution in [3.63, 3.8) is 0 Å². The highest BCUT2D eigenvalue weighted by molar-refractivity contribution is 7.81. The molecule has 0 radical (unpaired) electrons. The van der Waals surface area contributed by atoms with Crippen LogP contribution in [0.5, 0.6) is 0 Å². The van der Waals surface area contributed by atoms with E-state index >= 15 is 0 Å². The zero-order chi connectivity index (χ0) is 15.7. The van der Waals surface area contributed by atoms with Crippen molar-refractivity contribution >= 4 is 20.8 Å². The van der Waals surface area contributed by atoms with E-state index in [0.717, 1.165) is 0 Å². The summed E-state index contributed by atoms with van der Waals surface area (Å²) in [5.41, 5.74) is 0. The van der Waals surface area contributed by atoms with Gasteiger partial charge in [-0.25, -0.2) is 8.37 Å². The molecule has 20 heavy (non-hydrogen) atoms. The Labute approximate surface area is 113 Å². The van der Waals surface area contributed by atoms with Crippen molar-refractivity contribution in [2.45, 2.75) is 30.7 Å². The van der Waals surface area contributed by atoms with Crippen molar-refractivity contribution in [2.75, 3.05) is 6.61 Å². The zero-order valence-corrected chi connectivity index (χ0v) is 11.1. The molecule has 120 valence electrons. The number of ether oxygens (including phenoxy) is 1. The first-order valence-corrected chi connectivity index (χ1v) is 7.61. The molecular formula is C6H12O12S2. The summed E-state index contributed by atoms with van der Waals surface area (Å²) in [6, 6.07) is 0. The van der Waals surface area contributed by atoms with Crippen LogP contribution < -0.4 is 0 Å². The van der Waals surface area contributed by atoms with Gasteiger partial charge in [0, 0.05) is 0 Å². The summed E-state index contributed by atoms with van der Waals surface area (Å²) in [5, 5.41) is 27.9. The number of aliphatic hydroxyl groups excluding tert-OH is 3. The van der Waals surface area contributed by atoms with E-state index in [2.05, 4.69) is 13.1 Å². The number of hydrogen-bond donors (Lipinski definition) is 5. The zero-order valence-electron chi connectivity index (χ0n) is 9.50. The van der Waals surface area contributed by atoms with Gasteiger partial charge in [0.05, 0.1) is 6.61 Å². The van der Waals surface area contributed by atoms with Gasteiger partial charge in [-0.2, -0.15) is 16.8 Å². The summed E-state index contributed by atoms with van der Waals surface area (Å²) in [4.78, 5) is 0. The summed E-state index contributed by atoms with van der Waals surface area (Å²) in [6.45, 7) is -0.887. The summed E-state index contributed by atoms with van der Waals surface area (Å²) >= 11 is 0. The second-order valence-corrected chi connectivity index (χ2v) is 5.81. The van der Waals surface area contributed by atoms with Crippen LogP contribution >= 0.6 is 0 Å². The van der Waals surface area contributed by atoms with Crippen LogP contribution in [-0.4, -0.2) is 78.6 Å². The molecule has 0 aromatic carbocycles. The molecule has 0 aromatic rings. The minimum absolute atomic E-state index is 0.887. The molecule has 1 saturated heterocycles. The maximum absolute atomic E-state index is 10.6. The Bertz CT molecular complexity index is 524. The summed E-state index contributed by atoms with van der Waals surface area (Å²) in [7, 11) is -10.3. The van der Waals surface area contributed by atoms with Crippen LogP contribution in [0.15, 0.2) is 0 Å². The van der Waals surface area contributed by atoms with Crippen molar-refractivity contribution in [2.24, 2.45) is 0 Å². The fraction of sp³-hybridized carbons (Fsp3) is 1.00. The smallest absolute Gasteiger partial charge is 0.394 e. The number of aliphatic hydroxyl groups is 3. The molecule has 0 saturated carbocycles. The van der Waals surface area contributed by atoms with E-state index in [1.807, 2.05) is 0 Å². The molecule has 14 heteroatoms. The lowest BCUT2D eigenvalue weighted by molar-refractivity contribution is -0.276. The van der Waals surface area contributed by atoms with Gasteiger partial charge in [0.1, 0.15) is 18.3 Å². The molecule has 1 aliphatic heterocycles.